The summed E-state index contributed by atoms with van der Waals surface area (Å²) in [5.74, 6) is 0. The van der Waals surface area contributed by atoms with Crippen molar-refractivity contribution in [2.24, 2.45) is 0 Å². The summed E-state index contributed by atoms with van der Waals surface area (Å²) in [6.07, 6.45) is 1.57. The second-order valence-corrected chi connectivity index (χ2v) is 1.14. The van der Waals surface area contributed by atoms with Gasteiger partial charge in [-0.3, -0.25) is 4.79 Å². The third kappa shape index (κ3) is 2.06. The zero-order valence-electron chi connectivity index (χ0n) is 4.02. The first kappa shape index (κ1) is 7.61. The smallest absolute Gasteiger partial charge is 0.155 e. The van der Waals surface area contributed by atoms with Gasteiger partial charge in [-0.25, -0.2) is 6.07 Å². The number of H-pyrrole nitrogens is 1. The second kappa shape index (κ2) is 3.59. The molecule has 0 aliphatic carbocycles. The first-order chi connectivity index (χ1) is 3.39. The Hall–Kier alpha value is -0.388. The Morgan fingerprint density at radius 2 is 2.38 bits per heavy atom. The van der Waals surface area contributed by atoms with Crippen molar-refractivity contribution in [3.05, 3.63) is 34.7 Å². The molecule has 1 N–H and O–H groups in total. The van der Waals surface area contributed by atoms with Gasteiger partial charge in [-0.15, -0.1) is 0 Å². The minimum absolute atomic E-state index is 0. The van der Waals surface area contributed by atoms with Crippen LogP contribution < -0.4 is 5.56 Å². The fraction of sp³-hybridized carbons (Fsp3) is 0. The maximum Gasteiger partial charge on any atom is 0.155 e. The van der Waals surface area contributed by atoms with Crippen LogP contribution in [0, 0.1) is 6.07 Å². The van der Waals surface area contributed by atoms with Crippen LogP contribution in [0.25, 0.3) is 0 Å². The van der Waals surface area contributed by atoms with Crippen LogP contribution in [0.1, 0.15) is 0 Å². The van der Waals surface area contributed by atoms with Crippen molar-refractivity contribution in [2.75, 3.05) is 0 Å². The van der Waals surface area contributed by atoms with Gasteiger partial charge in [0.2, 0.25) is 0 Å². The number of aromatic nitrogens is 1. The Labute approximate surface area is 60.6 Å². The van der Waals surface area contributed by atoms with Crippen molar-refractivity contribution >= 4 is 0 Å². The number of hydrogen-bond acceptors (Lipinski definition) is 1. The van der Waals surface area contributed by atoms with Gasteiger partial charge in [-0.2, -0.15) is 12.1 Å². The summed E-state index contributed by atoms with van der Waals surface area (Å²) >= 11 is 0. The molecule has 0 spiro atoms. The quantitative estimate of drug-likeness (QED) is 0.675. The number of pyridine rings is 1. The van der Waals surface area contributed by atoms with Gasteiger partial charge >= 0.3 is 0 Å². The van der Waals surface area contributed by atoms with E-state index in [-0.39, 0.29) is 26.0 Å². The third-order valence-corrected chi connectivity index (χ3v) is 0.621. The third-order valence-electron chi connectivity index (χ3n) is 0.621. The average Bonchev–Trinajstić information content (AvgIpc) is 1.69. The molecule has 1 rings (SSSR count). The molecule has 43 valence electrons. The molecule has 1 radical (unpaired) electrons. The van der Waals surface area contributed by atoms with Gasteiger partial charge in [0.25, 0.3) is 0 Å². The van der Waals surface area contributed by atoms with E-state index in [1.165, 1.54) is 0 Å². The number of aromatic amines is 1. The topological polar surface area (TPSA) is 32.9 Å². The molecule has 0 amide bonds. The van der Waals surface area contributed by atoms with Crippen molar-refractivity contribution in [2.45, 2.75) is 0 Å². The Kier molecular flexibility index (Phi) is 3.42. The molecule has 0 aliphatic rings. The predicted molar refractivity (Wildman–Crippen MR) is 25.9 cm³/mol. The van der Waals surface area contributed by atoms with Gasteiger partial charge in [0.1, 0.15) is 0 Å². The molecule has 0 aromatic carbocycles. The van der Waals surface area contributed by atoms with Gasteiger partial charge in [0.15, 0.2) is 5.56 Å². The summed E-state index contributed by atoms with van der Waals surface area (Å²) in [4.78, 5) is 12.6. The van der Waals surface area contributed by atoms with Crippen LogP contribution in [0.15, 0.2) is 23.1 Å². The molecule has 8 heavy (non-hydrogen) atoms. The van der Waals surface area contributed by atoms with Gasteiger partial charge in [-0.05, 0) is 0 Å². The van der Waals surface area contributed by atoms with Crippen LogP contribution in [0.3, 0.4) is 0 Å². The van der Waals surface area contributed by atoms with Gasteiger partial charge in [0, 0.05) is 20.4 Å². The summed E-state index contributed by atoms with van der Waals surface area (Å²) in [7, 11) is 0. The molecule has 0 bridgehead atoms. The van der Waals surface area contributed by atoms with E-state index in [9.17, 15) is 4.79 Å². The minimum atomic E-state index is -0.178. The largest absolute Gasteiger partial charge is 0.362 e. The van der Waals surface area contributed by atoms with Gasteiger partial charge < -0.3 is 4.98 Å². The standard InChI is InChI=1S/C5H4NO.Re/c7-5-3-1-2-4-6-5;/h1-2,4H,(H,6,7);/q-1;. The van der Waals surface area contributed by atoms with Crippen LogP contribution in [0.2, 0.25) is 0 Å². The molecule has 1 aromatic heterocycles. The van der Waals surface area contributed by atoms with E-state index in [0.717, 1.165) is 0 Å². The van der Waals surface area contributed by atoms with Crippen molar-refractivity contribution < 1.29 is 20.4 Å². The molecular weight excluding hydrogens is 276 g/mol. The van der Waals surface area contributed by atoms with E-state index in [2.05, 4.69) is 11.1 Å². The average molecular weight is 280 g/mol. The van der Waals surface area contributed by atoms with Crippen LogP contribution in [-0.4, -0.2) is 4.98 Å². The summed E-state index contributed by atoms with van der Waals surface area (Å²) < 4.78 is 0. The Bertz CT molecular complexity index is 178. The zero-order valence-corrected chi connectivity index (χ0v) is 6.73. The Morgan fingerprint density at radius 1 is 1.62 bits per heavy atom. The number of hydrogen-bond donors (Lipinski definition) is 1. The molecule has 0 unspecified atom stereocenters. The summed E-state index contributed by atoms with van der Waals surface area (Å²) in [5, 5.41) is 0. The van der Waals surface area contributed by atoms with Crippen LogP contribution in [0.4, 0.5) is 0 Å². The van der Waals surface area contributed by atoms with E-state index in [0.29, 0.717) is 0 Å². The molecule has 3 heteroatoms. The van der Waals surface area contributed by atoms with Crippen molar-refractivity contribution in [3.63, 3.8) is 0 Å². The molecule has 0 saturated carbocycles. The van der Waals surface area contributed by atoms with E-state index in [4.69, 9.17) is 0 Å². The first-order valence-corrected chi connectivity index (χ1v) is 1.95. The number of rotatable bonds is 0. The normalized spacial score (nSPS) is 7.50. The molecule has 0 fully saturated rings. The SMILES string of the molecule is O=c1[c-]ccc[nH]1.[Re]. The summed E-state index contributed by atoms with van der Waals surface area (Å²) in [6, 6.07) is 5.70. The van der Waals surface area contributed by atoms with Crippen LogP contribution >= 0.6 is 0 Å². The van der Waals surface area contributed by atoms with Gasteiger partial charge in [0.05, 0.1) is 0 Å². The predicted octanol–water partition coefficient (Wildman–Crippen LogP) is 0.173. The molecule has 0 saturated heterocycles. The van der Waals surface area contributed by atoms with Crippen LogP contribution in [-0.2, 0) is 20.4 Å². The van der Waals surface area contributed by atoms with Crippen molar-refractivity contribution in [1.82, 2.24) is 4.98 Å². The molecule has 2 nitrogen and oxygen atoms in total. The van der Waals surface area contributed by atoms with Crippen LogP contribution in [0.5, 0.6) is 0 Å². The molecule has 0 aliphatic heterocycles. The Balaban J connectivity index is 0.000000490. The minimum Gasteiger partial charge on any atom is -0.362 e. The summed E-state index contributed by atoms with van der Waals surface area (Å²) in [5.41, 5.74) is -0.178. The van der Waals surface area contributed by atoms with E-state index < -0.39 is 0 Å². The van der Waals surface area contributed by atoms with E-state index in [1.54, 1.807) is 18.3 Å². The van der Waals surface area contributed by atoms with Crippen molar-refractivity contribution in [3.8, 4) is 0 Å². The van der Waals surface area contributed by atoms with E-state index >= 15 is 0 Å². The number of nitrogens with one attached hydrogen (secondary N) is 1. The monoisotopic (exact) mass is 281 g/mol. The molecular formula is C5H4NORe-. The fourth-order valence-corrected chi connectivity index (χ4v) is 0.337. The maximum absolute atomic E-state index is 10.2. The van der Waals surface area contributed by atoms with Gasteiger partial charge in [-0.1, -0.05) is 6.20 Å². The summed E-state index contributed by atoms with van der Waals surface area (Å²) in [6.45, 7) is 0. The molecule has 0 atom stereocenters. The second-order valence-electron chi connectivity index (χ2n) is 1.14. The molecule has 1 aromatic rings. The fourth-order valence-electron chi connectivity index (χ4n) is 0.337. The Morgan fingerprint density at radius 3 is 2.62 bits per heavy atom. The zero-order chi connectivity index (χ0) is 5.11. The van der Waals surface area contributed by atoms with Crippen molar-refractivity contribution in [1.29, 1.82) is 0 Å². The first-order valence-electron chi connectivity index (χ1n) is 1.95. The van der Waals surface area contributed by atoms with E-state index in [1.807, 2.05) is 0 Å². The molecule has 1 heterocycles. The maximum atomic E-state index is 10.2.